The molecule has 0 radical (unpaired) electrons. The Morgan fingerprint density at radius 2 is 0.980 bits per heavy atom. The lowest BCUT2D eigenvalue weighted by Gasteiger charge is -2.54. The van der Waals surface area contributed by atoms with Gasteiger partial charge in [-0.25, -0.2) is 15.0 Å². The molecule has 1 spiro atoms. The molecule has 3 nitrogen and oxygen atoms in total. The highest BCUT2D eigenvalue weighted by molar-refractivity contribution is 5.94. The quantitative estimate of drug-likeness (QED) is 0.189. The lowest BCUT2D eigenvalue weighted by atomic mass is 9.49. The largest absolute Gasteiger partial charge is 0.208 e. The van der Waals surface area contributed by atoms with Crippen LogP contribution in [-0.4, -0.2) is 15.0 Å². The van der Waals surface area contributed by atoms with E-state index in [1.807, 2.05) is 6.07 Å². The third-order valence-corrected chi connectivity index (χ3v) is 12.4. The van der Waals surface area contributed by atoms with Crippen molar-refractivity contribution in [3.8, 4) is 56.4 Å². The highest BCUT2D eigenvalue weighted by Crippen LogP contribution is 2.65. The number of fused-ring (bicyclic) bond motifs is 9. The van der Waals surface area contributed by atoms with Crippen molar-refractivity contribution in [2.24, 2.45) is 23.7 Å². The van der Waals surface area contributed by atoms with E-state index >= 15 is 0 Å². The van der Waals surface area contributed by atoms with Gasteiger partial charge in [-0.05, 0) is 112 Å². The van der Waals surface area contributed by atoms with Gasteiger partial charge in [0.25, 0.3) is 0 Å². The zero-order valence-corrected chi connectivity index (χ0v) is 29.3. The van der Waals surface area contributed by atoms with Crippen LogP contribution >= 0.6 is 0 Å². The van der Waals surface area contributed by atoms with Gasteiger partial charge in [-0.3, -0.25) is 0 Å². The molecule has 51 heavy (non-hydrogen) atoms. The van der Waals surface area contributed by atoms with Crippen LogP contribution < -0.4 is 0 Å². The number of hydrogen-bond acceptors (Lipinski definition) is 3. The molecule has 248 valence electrons. The van der Waals surface area contributed by atoms with Crippen LogP contribution in [0.1, 0.15) is 50.7 Å². The van der Waals surface area contributed by atoms with Crippen LogP contribution in [-0.2, 0) is 5.41 Å². The number of nitrogens with zero attached hydrogens (tertiary/aromatic N) is 3. The molecular formula is C48H41N3. The normalized spacial score (nSPS) is 23.3. The van der Waals surface area contributed by atoms with Gasteiger partial charge >= 0.3 is 0 Å². The Hall–Kier alpha value is -5.41. The molecule has 2 fully saturated rings. The second-order valence-electron chi connectivity index (χ2n) is 15.5. The molecular weight excluding hydrogens is 619 g/mol. The van der Waals surface area contributed by atoms with Crippen molar-refractivity contribution in [3.05, 3.63) is 151 Å². The maximum absolute atomic E-state index is 5.23. The molecule has 7 aromatic rings. The molecule has 10 rings (SSSR count). The Balaban J connectivity index is 1.16. The second-order valence-corrected chi connectivity index (χ2v) is 15.5. The average Bonchev–Trinajstić information content (AvgIpc) is 3.46. The van der Waals surface area contributed by atoms with Crippen LogP contribution in [0.2, 0.25) is 0 Å². The third-order valence-electron chi connectivity index (χ3n) is 12.4. The molecule has 6 aromatic carbocycles. The van der Waals surface area contributed by atoms with Gasteiger partial charge in [-0.15, -0.1) is 0 Å². The Morgan fingerprint density at radius 1 is 0.451 bits per heavy atom. The van der Waals surface area contributed by atoms with E-state index in [4.69, 9.17) is 15.0 Å². The van der Waals surface area contributed by atoms with Crippen molar-refractivity contribution in [1.82, 2.24) is 15.0 Å². The monoisotopic (exact) mass is 659 g/mol. The highest BCUT2D eigenvalue weighted by atomic mass is 15.0. The zero-order valence-electron chi connectivity index (χ0n) is 29.3. The number of aromatic nitrogens is 3. The summed E-state index contributed by atoms with van der Waals surface area (Å²) >= 11 is 0. The third kappa shape index (κ3) is 4.89. The fraction of sp³-hybridized carbons (Fsp3) is 0.229. The van der Waals surface area contributed by atoms with E-state index in [0.717, 1.165) is 34.4 Å². The molecule has 1 heterocycles. The number of benzene rings is 6. The van der Waals surface area contributed by atoms with E-state index in [0.29, 0.717) is 23.5 Å². The minimum Gasteiger partial charge on any atom is -0.208 e. The second kappa shape index (κ2) is 11.8. The molecule has 5 unspecified atom stereocenters. The first kappa shape index (κ1) is 30.4. The maximum atomic E-state index is 5.23. The summed E-state index contributed by atoms with van der Waals surface area (Å²) in [6.45, 7) is 5.03. The average molecular weight is 660 g/mol. The summed E-state index contributed by atoms with van der Waals surface area (Å²) in [6.07, 6.45) is 5.25. The summed E-state index contributed by atoms with van der Waals surface area (Å²) in [5.74, 6) is 4.85. The van der Waals surface area contributed by atoms with Crippen molar-refractivity contribution in [2.75, 3.05) is 0 Å². The van der Waals surface area contributed by atoms with Crippen molar-refractivity contribution in [1.29, 1.82) is 0 Å². The fourth-order valence-corrected chi connectivity index (χ4v) is 10.4. The smallest absolute Gasteiger partial charge is 0.164 e. The van der Waals surface area contributed by atoms with Crippen molar-refractivity contribution >= 4 is 10.8 Å². The van der Waals surface area contributed by atoms with Crippen LogP contribution in [0.25, 0.3) is 67.2 Å². The zero-order chi connectivity index (χ0) is 34.1. The van der Waals surface area contributed by atoms with E-state index in [1.165, 1.54) is 64.3 Å². The van der Waals surface area contributed by atoms with Crippen LogP contribution in [0.15, 0.2) is 140 Å². The van der Waals surface area contributed by atoms with Crippen LogP contribution in [0, 0.1) is 23.7 Å². The van der Waals surface area contributed by atoms with Gasteiger partial charge in [-0.1, -0.05) is 135 Å². The van der Waals surface area contributed by atoms with Gasteiger partial charge in [0.15, 0.2) is 17.5 Å². The minimum absolute atomic E-state index is 0.0265. The summed E-state index contributed by atoms with van der Waals surface area (Å²) in [5, 5.41) is 2.66. The molecule has 0 amide bonds. The van der Waals surface area contributed by atoms with Gasteiger partial charge < -0.3 is 0 Å². The Bertz CT molecular complexity index is 2410. The van der Waals surface area contributed by atoms with Crippen molar-refractivity contribution in [3.63, 3.8) is 0 Å². The molecule has 0 saturated heterocycles. The van der Waals surface area contributed by atoms with Gasteiger partial charge in [-0.2, -0.15) is 0 Å². The predicted octanol–water partition coefficient (Wildman–Crippen LogP) is 12.1. The van der Waals surface area contributed by atoms with Crippen LogP contribution in [0.4, 0.5) is 0 Å². The van der Waals surface area contributed by atoms with E-state index < -0.39 is 0 Å². The number of hydrogen-bond donors (Lipinski definition) is 0. The molecule has 2 saturated carbocycles. The maximum Gasteiger partial charge on any atom is 0.164 e. The minimum atomic E-state index is -0.0265. The first-order chi connectivity index (χ1) is 25.0. The Kier molecular flexibility index (Phi) is 7.06. The molecule has 3 aliphatic rings. The van der Waals surface area contributed by atoms with Gasteiger partial charge in [0, 0.05) is 22.1 Å². The summed E-state index contributed by atoms with van der Waals surface area (Å²) in [5.41, 5.74) is 11.2. The lowest BCUT2D eigenvalue weighted by Crippen LogP contribution is -2.49. The molecule has 3 aliphatic carbocycles. The van der Waals surface area contributed by atoms with E-state index in [9.17, 15) is 0 Å². The molecule has 3 heteroatoms. The van der Waals surface area contributed by atoms with Crippen molar-refractivity contribution < 1.29 is 0 Å². The Labute approximate surface area is 300 Å². The van der Waals surface area contributed by atoms with Gasteiger partial charge in [0.05, 0.1) is 0 Å². The summed E-state index contributed by atoms with van der Waals surface area (Å²) in [6, 6.07) is 50.5. The fourth-order valence-electron chi connectivity index (χ4n) is 10.4. The SMILES string of the molecule is CC1CC2CC(C)C3(c4cc(-c5nc(-c6ccccc6)nc(-c6ccc(-c7ccccc7)cc6)n5)ccc4-c4cc5ccccc5cc43)C(C1)C2. The van der Waals surface area contributed by atoms with Gasteiger partial charge in [0.2, 0.25) is 0 Å². The molecule has 0 aliphatic heterocycles. The Morgan fingerprint density at radius 3 is 1.69 bits per heavy atom. The van der Waals surface area contributed by atoms with Crippen LogP contribution in [0.3, 0.4) is 0 Å². The van der Waals surface area contributed by atoms with Crippen molar-refractivity contribution in [2.45, 2.75) is 44.9 Å². The van der Waals surface area contributed by atoms with Gasteiger partial charge in [0.1, 0.15) is 0 Å². The standard InChI is InChI=1S/C48H41N3/c1-30-23-32-25-31(2)48(40(24-30)26-32)43-29-39(21-22-41(43)42-27-37-15-9-10-16-38(37)28-44(42)48)47-50-45(35-13-7-4-8-14-35)49-46(51-47)36-19-17-34(18-20-36)33-11-5-3-6-12-33/h3-22,27-32,40H,23-26H2,1-2H3. The molecule has 2 bridgehead atoms. The summed E-state index contributed by atoms with van der Waals surface area (Å²) in [4.78, 5) is 15.5. The molecule has 5 atom stereocenters. The van der Waals surface area contributed by atoms with E-state index in [-0.39, 0.29) is 5.41 Å². The lowest BCUT2D eigenvalue weighted by molar-refractivity contribution is 0.0427. The molecule has 1 aromatic heterocycles. The highest BCUT2D eigenvalue weighted by Gasteiger charge is 2.56. The summed E-state index contributed by atoms with van der Waals surface area (Å²) in [7, 11) is 0. The first-order valence-corrected chi connectivity index (χ1v) is 18.7. The topological polar surface area (TPSA) is 38.7 Å². The van der Waals surface area contributed by atoms with E-state index in [2.05, 4.69) is 147 Å². The summed E-state index contributed by atoms with van der Waals surface area (Å²) < 4.78 is 0. The van der Waals surface area contributed by atoms with E-state index in [1.54, 1.807) is 5.56 Å². The number of rotatable bonds is 4. The predicted molar refractivity (Wildman–Crippen MR) is 209 cm³/mol. The first-order valence-electron chi connectivity index (χ1n) is 18.7. The van der Waals surface area contributed by atoms with Crippen LogP contribution in [0.5, 0.6) is 0 Å². The molecule has 0 N–H and O–H groups in total.